The molecule has 1 aliphatic carbocycles. The number of hydrogen-bond donors (Lipinski definition) is 1. The van der Waals surface area contributed by atoms with E-state index in [1.54, 1.807) is 6.07 Å². The van der Waals surface area contributed by atoms with E-state index in [9.17, 15) is 13.2 Å². The minimum absolute atomic E-state index is 0.0320. The molecule has 5 rings (SSSR count). The van der Waals surface area contributed by atoms with E-state index in [1.807, 2.05) is 30.3 Å². The quantitative estimate of drug-likeness (QED) is 0.447. The summed E-state index contributed by atoms with van der Waals surface area (Å²) >= 11 is 0. The first-order chi connectivity index (χ1) is 15.0. The second-order valence-electron chi connectivity index (χ2n) is 7.54. The third-order valence-electron chi connectivity index (χ3n) is 5.21. The number of nitrogens with zero attached hydrogens (tertiary/aromatic N) is 3. The summed E-state index contributed by atoms with van der Waals surface area (Å²) in [6.07, 6.45) is 2.64. The number of nitrogens with one attached hydrogen (secondary N) is 1. The van der Waals surface area contributed by atoms with Crippen LogP contribution in [-0.4, -0.2) is 29.7 Å². The van der Waals surface area contributed by atoms with Gasteiger partial charge in [-0.2, -0.15) is 4.98 Å². The van der Waals surface area contributed by atoms with Crippen LogP contribution in [0.5, 0.6) is 0 Å². The lowest BCUT2D eigenvalue weighted by molar-refractivity contribution is 0.372. The van der Waals surface area contributed by atoms with Crippen LogP contribution in [-0.2, 0) is 23.0 Å². The molecule has 0 unspecified atom stereocenters. The zero-order valence-electron chi connectivity index (χ0n) is 16.5. The summed E-state index contributed by atoms with van der Waals surface area (Å²) in [5.41, 5.74) is 1.68. The molecule has 0 spiro atoms. The monoisotopic (exact) mass is 440 g/mol. The molecule has 1 aliphatic rings. The summed E-state index contributed by atoms with van der Waals surface area (Å²) in [6, 6.07) is 14.0. The van der Waals surface area contributed by atoms with E-state index in [0.717, 1.165) is 18.4 Å². The lowest BCUT2D eigenvalue weighted by Crippen LogP contribution is -2.26. The molecule has 31 heavy (non-hydrogen) atoms. The highest BCUT2D eigenvalue weighted by Crippen LogP contribution is 2.38. The Kier molecular flexibility index (Phi) is 4.95. The predicted molar refractivity (Wildman–Crippen MR) is 111 cm³/mol. The molecule has 0 bridgehead atoms. The van der Waals surface area contributed by atoms with Gasteiger partial charge < -0.3 is 8.94 Å². The number of aromatic nitrogens is 3. The fraction of sp³-hybridized carbons (Fsp3) is 0.286. The van der Waals surface area contributed by atoms with Gasteiger partial charge in [0.15, 0.2) is 11.4 Å². The number of benzene rings is 2. The fourth-order valence-corrected chi connectivity index (χ4v) is 4.44. The standard InChI is InChI=1S/C21H20N4O5S/c26-21-25(13-19-23-20(30-24-19)15-6-7-15)17-9-8-16(12-18(17)29-21)31(27,28)22-11-10-14-4-2-1-3-5-14/h1-5,8-9,12,15,22H,6-7,10-11,13H2. The van der Waals surface area contributed by atoms with E-state index in [4.69, 9.17) is 8.94 Å². The van der Waals surface area contributed by atoms with Gasteiger partial charge in [-0.05, 0) is 37.0 Å². The van der Waals surface area contributed by atoms with Crippen molar-refractivity contribution < 1.29 is 17.4 Å². The van der Waals surface area contributed by atoms with Gasteiger partial charge in [0.05, 0.1) is 17.0 Å². The van der Waals surface area contributed by atoms with Gasteiger partial charge >= 0.3 is 5.76 Å². The Morgan fingerprint density at radius 1 is 1.13 bits per heavy atom. The van der Waals surface area contributed by atoms with Gasteiger partial charge in [0.2, 0.25) is 15.9 Å². The number of rotatable bonds is 8. The molecular formula is C21H20N4O5S. The summed E-state index contributed by atoms with van der Waals surface area (Å²) in [7, 11) is -3.74. The maximum Gasteiger partial charge on any atom is 0.420 e. The van der Waals surface area contributed by atoms with E-state index in [2.05, 4.69) is 14.9 Å². The molecule has 10 heteroatoms. The maximum absolute atomic E-state index is 12.7. The van der Waals surface area contributed by atoms with Crippen molar-refractivity contribution in [2.75, 3.05) is 6.54 Å². The van der Waals surface area contributed by atoms with Gasteiger partial charge in [-0.1, -0.05) is 35.5 Å². The fourth-order valence-electron chi connectivity index (χ4n) is 3.39. The van der Waals surface area contributed by atoms with Gasteiger partial charge in [0, 0.05) is 18.5 Å². The third kappa shape index (κ3) is 4.17. The molecule has 0 radical (unpaired) electrons. The highest BCUT2D eigenvalue weighted by molar-refractivity contribution is 7.89. The van der Waals surface area contributed by atoms with Gasteiger partial charge in [0.1, 0.15) is 0 Å². The van der Waals surface area contributed by atoms with Gasteiger partial charge in [-0.3, -0.25) is 4.57 Å². The lowest BCUT2D eigenvalue weighted by Gasteiger charge is -2.07. The minimum Gasteiger partial charge on any atom is -0.408 e. The molecule has 0 amide bonds. The molecule has 9 nitrogen and oxygen atoms in total. The molecule has 0 saturated heterocycles. The first-order valence-corrected chi connectivity index (χ1v) is 11.5. The van der Waals surface area contributed by atoms with E-state index < -0.39 is 15.8 Å². The van der Waals surface area contributed by atoms with E-state index in [-0.39, 0.29) is 23.6 Å². The van der Waals surface area contributed by atoms with E-state index in [1.165, 1.54) is 16.7 Å². The normalized spacial score (nSPS) is 14.3. The molecule has 2 aromatic carbocycles. The zero-order valence-corrected chi connectivity index (χ0v) is 17.3. The molecule has 1 fully saturated rings. The molecule has 0 aliphatic heterocycles. The van der Waals surface area contributed by atoms with Crippen LogP contribution in [0, 0.1) is 0 Å². The Morgan fingerprint density at radius 3 is 2.71 bits per heavy atom. The van der Waals surface area contributed by atoms with Gasteiger partial charge in [0.25, 0.3) is 0 Å². The Morgan fingerprint density at radius 2 is 1.94 bits per heavy atom. The topological polar surface area (TPSA) is 120 Å². The number of sulfonamides is 1. The Bertz CT molecular complexity index is 1380. The summed E-state index contributed by atoms with van der Waals surface area (Å²) < 4.78 is 39.7. The van der Waals surface area contributed by atoms with E-state index in [0.29, 0.717) is 29.6 Å². The second kappa shape index (κ2) is 7.78. The largest absolute Gasteiger partial charge is 0.420 e. The summed E-state index contributed by atoms with van der Waals surface area (Å²) in [5.74, 6) is 0.678. The van der Waals surface area contributed by atoms with Crippen molar-refractivity contribution in [3.8, 4) is 0 Å². The maximum atomic E-state index is 12.7. The van der Waals surface area contributed by atoms with Gasteiger partial charge in [-0.15, -0.1) is 0 Å². The summed E-state index contributed by atoms with van der Waals surface area (Å²) in [6.45, 7) is 0.347. The molecule has 1 saturated carbocycles. The van der Waals surface area contributed by atoms with Gasteiger partial charge in [-0.25, -0.2) is 17.9 Å². The molecule has 0 atom stereocenters. The van der Waals surface area contributed by atoms with Crippen molar-refractivity contribution in [3.63, 3.8) is 0 Å². The SMILES string of the molecule is O=c1oc2cc(S(=O)(=O)NCCc3ccccc3)ccc2n1Cc1noc(C2CC2)n1. The molecule has 2 heterocycles. The van der Waals surface area contributed by atoms with Crippen LogP contribution in [0.3, 0.4) is 0 Å². The average Bonchev–Trinajstić information content (AvgIpc) is 3.43. The zero-order chi connectivity index (χ0) is 21.4. The van der Waals surface area contributed by atoms with Crippen LogP contribution < -0.4 is 10.5 Å². The summed E-state index contributed by atoms with van der Waals surface area (Å²) in [4.78, 5) is 16.7. The molecule has 1 N–H and O–H groups in total. The van der Waals surface area contributed by atoms with Crippen molar-refractivity contribution in [1.82, 2.24) is 19.4 Å². The molecule has 4 aromatic rings. The van der Waals surface area contributed by atoms with Crippen molar-refractivity contribution in [2.45, 2.75) is 36.6 Å². The lowest BCUT2D eigenvalue weighted by atomic mass is 10.2. The van der Waals surface area contributed by atoms with Crippen molar-refractivity contribution >= 4 is 21.1 Å². The predicted octanol–water partition coefficient (Wildman–Crippen LogP) is 2.42. The second-order valence-corrected chi connectivity index (χ2v) is 9.31. The van der Waals surface area contributed by atoms with Crippen LogP contribution in [0.25, 0.3) is 11.1 Å². The Labute approximate surface area is 177 Å². The first kappa shape index (κ1) is 19.7. The van der Waals surface area contributed by atoms with Crippen LogP contribution >= 0.6 is 0 Å². The highest BCUT2D eigenvalue weighted by atomic mass is 32.2. The van der Waals surface area contributed by atoms with Crippen LogP contribution in [0.2, 0.25) is 0 Å². The molecular weight excluding hydrogens is 420 g/mol. The number of fused-ring (bicyclic) bond motifs is 1. The average molecular weight is 440 g/mol. The summed E-state index contributed by atoms with van der Waals surface area (Å²) in [5, 5.41) is 3.92. The Hall–Kier alpha value is -3.24. The smallest absolute Gasteiger partial charge is 0.408 e. The number of oxazole rings is 1. The Balaban J connectivity index is 1.34. The van der Waals surface area contributed by atoms with Crippen LogP contribution in [0.4, 0.5) is 0 Å². The van der Waals surface area contributed by atoms with Crippen LogP contribution in [0.15, 0.2) is 67.2 Å². The minimum atomic E-state index is -3.74. The third-order valence-corrected chi connectivity index (χ3v) is 6.67. The molecule has 160 valence electrons. The first-order valence-electron chi connectivity index (χ1n) is 9.99. The van der Waals surface area contributed by atoms with Crippen molar-refractivity contribution in [3.05, 3.63) is 76.4 Å². The van der Waals surface area contributed by atoms with Crippen molar-refractivity contribution in [1.29, 1.82) is 0 Å². The van der Waals surface area contributed by atoms with E-state index >= 15 is 0 Å². The highest BCUT2D eigenvalue weighted by Gasteiger charge is 2.29. The van der Waals surface area contributed by atoms with Crippen LogP contribution in [0.1, 0.15) is 36.0 Å². The number of hydrogen-bond acceptors (Lipinski definition) is 7. The van der Waals surface area contributed by atoms with Crippen molar-refractivity contribution in [2.24, 2.45) is 0 Å². The molecule has 2 aromatic heterocycles.